The first-order valence-electron chi connectivity index (χ1n) is 11.0. The summed E-state index contributed by atoms with van der Waals surface area (Å²) in [5.41, 5.74) is 2.77. The van der Waals surface area contributed by atoms with Crippen LogP contribution in [0.25, 0.3) is 0 Å². The van der Waals surface area contributed by atoms with E-state index in [-0.39, 0.29) is 11.8 Å². The van der Waals surface area contributed by atoms with Gasteiger partial charge < -0.3 is 14.8 Å². The zero-order valence-electron chi connectivity index (χ0n) is 18.4. The molecule has 0 aromatic heterocycles. The molecule has 2 aromatic carbocycles. The number of amides is 1. The minimum atomic E-state index is -0.853. The minimum absolute atomic E-state index is 0.229. The van der Waals surface area contributed by atoms with Crippen LogP contribution in [0.3, 0.4) is 0 Å². The number of esters is 1. The first kappa shape index (κ1) is 23.0. The van der Waals surface area contributed by atoms with Gasteiger partial charge in [0.2, 0.25) is 0 Å². The highest BCUT2D eigenvalue weighted by atomic mass is 16.5. The van der Waals surface area contributed by atoms with E-state index in [0.29, 0.717) is 12.1 Å². The highest BCUT2D eigenvalue weighted by Crippen LogP contribution is 2.18. The molecule has 0 unspecified atom stereocenters. The lowest BCUT2D eigenvalue weighted by Gasteiger charge is -2.26. The van der Waals surface area contributed by atoms with Gasteiger partial charge in [-0.3, -0.25) is 9.69 Å². The third kappa shape index (κ3) is 6.91. The summed E-state index contributed by atoms with van der Waals surface area (Å²) in [5, 5.41) is 2.91. The van der Waals surface area contributed by atoms with Crippen molar-refractivity contribution < 1.29 is 19.1 Å². The van der Waals surface area contributed by atoms with E-state index in [1.54, 1.807) is 19.1 Å². The Morgan fingerprint density at radius 1 is 1.06 bits per heavy atom. The van der Waals surface area contributed by atoms with Gasteiger partial charge in [-0.25, -0.2) is 4.79 Å². The highest BCUT2D eigenvalue weighted by molar-refractivity contribution is 5.92. The summed E-state index contributed by atoms with van der Waals surface area (Å²) in [6.07, 6.45) is 0.0590. The lowest BCUT2D eigenvalue weighted by atomic mass is 9.96. The standard InChI is InChI=1S/C25H32N2O4/c1-3-21(22-7-5-4-6-8-22)17-26-24(28)19(2)31-25(29)23-11-9-20(10-12-23)18-27-13-15-30-16-14-27/h4-12,19,21H,3,13-18H2,1-2H3,(H,26,28)/t19-,21-/m0/s1. The summed E-state index contributed by atoms with van der Waals surface area (Å²) < 4.78 is 10.7. The van der Waals surface area contributed by atoms with Crippen LogP contribution in [-0.4, -0.2) is 55.7 Å². The smallest absolute Gasteiger partial charge is 0.338 e. The Morgan fingerprint density at radius 3 is 2.39 bits per heavy atom. The fourth-order valence-electron chi connectivity index (χ4n) is 3.64. The Hall–Kier alpha value is -2.70. The second-order valence-electron chi connectivity index (χ2n) is 7.89. The molecule has 2 atom stereocenters. The zero-order valence-corrected chi connectivity index (χ0v) is 18.4. The zero-order chi connectivity index (χ0) is 22.1. The van der Waals surface area contributed by atoms with Gasteiger partial charge in [0.1, 0.15) is 0 Å². The second-order valence-corrected chi connectivity index (χ2v) is 7.89. The number of morpholine rings is 1. The summed E-state index contributed by atoms with van der Waals surface area (Å²) in [7, 11) is 0. The van der Waals surface area contributed by atoms with E-state index < -0.39 is 12.1 Å². The van der Waals surface area contributed by atoms with Gasteiger partial charge in [0.15, 0.2) is 6.10 Å². The Morgan fingerprint density at radius 2 is 1.74 bits per heavy atom. The van der Waals surface area contributed by atoms with Gasteiger partial charge in [-0.2, -0.15) is 0 Å². The SMILES string of the molecule is CC[C@@H](CNC(=O)[C@H](C)OC(=O)c1ccc(CN2CCOCC2)cc1)c1ccccc1. The number of carbonyl (C=O) groups excluding carboxylic acids is 2. The average Bonchev–Trinajstić information content (AvgIpc) is 2.81. The first-order valence-corrected chi connectivity index (χ1v) is 11.0. The van der Waals surface area contributed by atoms with Crippen LogP contribution in [0.5, 0.6) is 0 Å². The van der Waals surface area contributed by atoms with Gasteiger partial charge in [-0.1, -0.05) is 49.4 Å². The molecule has 1 amide bonds. The molecule has 1 aliphatic heterocycles. The molecule has 0 saturated carbocycles. The molecule has 31 heavy (non-hydrogen) atoms. The van der Waals surface area contributed by atoms with Crippen molar-refractivity contribution in [1.82, 2.24) is 10.2 Å². The van der Waals surface area contributed by atoms with Crippen molar-refractivity contribution in [3.8, 4) is 0 Å². The summed E-state index contributed by atoms with van der Waals surface area (Å²) >= 11 is 0. The Bertz CT molecular complexity index is 832. The van der Waals surface area contributed by atoms with Gasteiger partial charge in [0, 0.05) is 32.1 Å². The molecule has 3 rings (SSSR count). The van der Waals surface area contributed by atoms with Crippen LogP contribution < -0.4 is 5.32 Å². The van der Waals surface area contributed by atoms with Crippen LogP contribution in [-0.2, 0) is 20.8 Å². The molecule has 0 spiro atoms. The molecule has 0 radical (unpaired) electrons. The van der Waals surface area contributed by atoms with Crippen LogP contribution in [0.4, 0.5) is 0 Å². The molecule has 1 N–H and O–H groups in total. The van der Waals surface area contributed by atoms with Crippen LogP contribution in [0.1, 0.15) is 47.7 Å². The molecule has 6 nitrogen and oxygen atoms in total. The van der Waals surface area contributed by atoms with Crippen LogP contribution in [0, 0.1) is 0 Å². The lowest BCUT2D eigenvalue weighted by molar-refractivity contribution is -0.129. The molecule has 6 heteroatoms. The number of nitrogens with zero attached hydrogens (tertiary/aromatic N) is 1. The predicted octanol–water partition coefficient (Wildman–Crippen LogP) is 3.37. The molecular formula is C25H32N2O4. The molecule has 0 aliphatic carbocycles. The normalized spacial score (nSPS) is 16.3. The van der Waals surface area contributed by atoms with E-state index in [1.807, 2.05) is 30.3 Å². The topological polar surface area (TPSA) is 67.9 Å². The van der Waals surface area contributed by atoms with E-state index >= 15 is 0 Å². The van der Waals surface area contributed by atoms with Gasteiger partial charge >= 0.3 is 5.97 Å². The monoisotopic (exact) mass is 424 g/mol. The van der Waals surface area contributed by atoms with Crippen LogP contribution >= 0.6 is 0 Å². The van der Waals surface area contributed by atoms with E-state index in [0.717, 1.165) is 44.8 Å². The fraction of sp³-hybridized carbons (Fsp3) is 0.440. The number of hydrogen-bond donors (Lipinski definition) is 1. The van der Waals surface area contributed by atoms with E-state index in [4.69, 9.17) is 9.47 Å². The lowest BCUT2D eigenvalue weighted by Crippen LogP contribution is -2.38. The number of rotatable bonds is 9. The fourth-order valence-corrected chi connectivity index (χ4v) is 3.64. The Kier molecular flexibility index (Phi) is 8.62. The third-order valence-corrected chi connectivity index (χ3v) is 5.64. The minimum Gasteiger partial charge on any atom is -0.449 e. The van der Waals surface area contributed by atoms with Crippen LogP contribution in [0.2, 0.25) is 0 Å². The maximum Gasteiger partial charge on any atom is 0.338 e. The van der Waals surface area contributed by atoms with Crippen molar-refractivity contribution in [2.45, 2.75) is 38.8 Å². The van der Waals surface area contributed by atoms with Gasteiger partial charge in [0.25, 0.3) is 5.91 Å². The molecule has 0 bridgehead atoms. The van der Waals surface area contributed by atoms with Crippen molar-refractivity contribution in [2.24, 2.45) is 0 Å². The van der Waals surface area contributed by atoms with Crippen molar-refractivity contribution in [2.75, 3.05) is 32.8 Å². The summed E-state index contributed by atoms with van der Waals surface area (Å²) in [4.78, 5) is 27.2. The van der Waals surface area contributed by atoms with Crippen molar-refractivity contribution in [3.05, 3.63) is 71.3 Å². The number of benzene rings is 2. The maximum atomic E-state index is 12.4. The van der Waals surface area contributed by atoms with Crippen LogP contribution in [0.15, 0.2) is 54.6 Å². The van der Waals surface area contributed by atoms with E-state index in [2.05, 4.69) is 29.3 Å². The largest absolute Gasteiger partial charge is 0.449 e. The summed E-state index contributed by atoms with van der Waals surface area (Å²) in [5.74, 6) is -0.547. The molecule has 1 fully saturated rings. The van der Waals surface area contributed by atoms with Gasteiger partial charge in [-0.05, 0) is 36.6 Å². The molecule has 1 heterocycles. The molecular weight excluding hydrogens is 392 g/mol. The van der Waals surface area contributed by atoms with Gasteiger partial charge in [0.05, 0.1) is 18.8 Å². The number of hydrogen-bond acceptors (Lipinski definition) is 5. The summed E-state index contributed by atoms with van der Waals surface area (Å²) in [6, 6.07) is 17.5. The van der Waals surface area contributed by atoms with Crippen molar-refractivity contribution in [1.29, 1.82) is 0 Å². The molecule has 2 aromatic rings. The van der Waals surface area contributed by atoms with Gasteiger partial charge in [-0.15, -0.1) is 0 Å². The maximum absolute atomic E-state index is 12.4. The predicted molar refractivity (Wildman–Crippen MR) is 120 cm³/mol. The third-order valence-electron chi connectivity index (χ3n) is 5.64. The molecule has 166 valence electrons. The van der Waals surface area contributed by atoms with E-state index in [1.165, 1.54) is 5.56 Å². The molecule has 1 saturated heterocycles. The Labute approximate surface area is 184 Å². The average molecular weight is 425 g/mol. The van der Waals surface area contributed by atoms with Crippen molar-refractivity contribution in [3.63, 3.8) is 0 Å². The quantitative estimate of drug-likeness (QED) is 0.625. The van der Waals surface area contributed by atoms with E-state index in [9.17, 15) is 9.59 Å². The highest BCUT2D eigenvalue weighted by Gasteiger charge is 2.20. The number of ether oxygens (including phenoxy) is 2. The summed E-state index contributed by atoms with van der Waals surface area (Å²) in [6.45, 7) is 8.39. The number of carbonyl (C=O) groups is 2. The molecule has 1 aliphatic rings. The number of nitrogens with one attached hydrogen (secondary N) is 1. The second kappa shape index (κ2) is 11.6. The first-order chi connectivity index (χ1) is 15.1. The Balaban J connectivity index is 1.47. The van der Waals surface area contributed by atoms with Crippen molar-refractivity contribution >= 4 is 11.9 Å².